The first-order valence-electron chi connectivity index (χ1n) is 9.07. The van der Waals surface area contributed by atoms with Crippen LogP contribution in [-0.2, 0) is 0 Å². The van der Waals surface area contributed by atoms with Crippen LogP contribution < -0.4 is 20.7 Å². The molecule has 2 heterocycles. The van der Waals surface area contributed by atoms with Gasteiger partial charge in [-0.15, -0.1) is 37.1 Å². The molecule has 30 heavy (non-hydrogen) atoms. The predicted molar refractivity (Wildman–Crippen MR) is 119 cm³/mol. The summed E-state index contributed by atoms with van der Waals surface area (Å²) in [7, 11) is 0. The lowest BCUT2D eigenvalue weighted by atomic mass is 10.3. The molecule has 3 rings (SSSR count). The number of hydrogen-bond acceptors (Lipinski definition) is 6. The highest BCUT2D eigenvalue weighted by Gasteiger charge is 2.32. The van der Waals surface area contributed by atoms with E-state index in [9.17, 15) is 13.2 Å². The number of guanidine groups is 1. The summed E-state index contributed by atoms with van der Waals surface area (Å²) in [5.41, 5.74) is 5.91. The van der Waals surface area contributed by atoms with Crippen LogP contribution in [0.25, 0.3) is 0 Å². The van der Waals surface area contributed by atoms with Gasteiger partial charge in [0.2, 0.25) is 5.95 Å². The molecule has 12 heteroatoms. The fraction of sp³-hybridized carbons (Fsp3) is 0.389. The molecule has 8 nitrogen and oxygen atoms in total. The van der Waals surface area contributed by atoms with Gasteiger partial charge < -0.3 is 20.7 Å². The average molecular weight is 537 g/mol. The van der Waals surface area contributed by atoms with Crippen LogP contribution in [0.15, 0.2) is 47.7 Å². The number of piperazine rings is 1. The minimum absolute atomic E-state index is 0. The van der Waals surface area contributed by atoms with Crippen molar-refractivity contribution in [3.63, 3.8) is 0 Å². The highest BCUT2D eigenvalue weighted by Crippen LogP contribution is 2.29. The molecule has 164 valence electrons. The van der Waals surface area contributed by atoms with Crippen molar-refractivity contribution in [3.05, 3.63) is 42.7 Å². The average Bonchev–Trinajstić information content (AvgIpc) is 2.70. The van der Waals surface area contributed by atoms with Gasteiger partial charge in [-0.2, -0.15) is 0 Å². The van der Waals surface area contributed by atoms with E-state index in [0.29, 0.717) is 13.1 Å². The number of rotatable bonds is 6. The Morgan fingerprint density at radius 1 is 1.10 bits per heavy atom. The molecule has 1 aliphatic heterocycles. The Labute approximate surface area is 189 Å². The molecule has 1 aromatic heterocycles. The van der Waals surface area contributed by atoms with E-state index in [2.05, 4.69) is 34.8 Å². The van der Waals surface area contributed by atoms with Gasteiger partial charge >= 0.3 is 6.36 Å². The van der Waals surface area contributed by atoms with Crippen molar-refractivity contribution in [2.75, 3.05) is 49.5 Å². The third kappa shape index (κ3) is 7.48. The number of benzene rings is 1. The molecule has 1 aliphatic rings. The molecule has 3 N–H and O–H groups in total. The summed E-state index contributed by atoms with van der Waals surface area (Å²) < 4.78 is 41.4. The van der Waals surface area contributed by atoms with Crippen LogP contribution in [0.1, 0.15) is 0 Å². The van der Waals surface area contributed by atoms with E-state index in [1.54, 1.807) is 24.5 Å². The number of ether oxygens (including phenoxy) is 1. The smallest absolute Gasteiger partial charge is 0.404 e. The summed E-state index contributed by atoms with van der Waals surface area (Å²) in [5.74, 6) is 0.385. The molecule has 0 saturated carbocycles. The second kappa shape index (κ2) is 11.2. The third-order valence-corrected chi connectivity index (χ3v) is 4.28. The van der Waals surface area contributed by atoms with E-state index in [1.165, 1.54) is 18.2 Å². The van der Waals surface area contributed by atoms with Crippen molar-refractivity contribution in [1.29, 1.82) is 0 Å². The largest absolute Gasteiger partial charge is 0.573 e. The maximum absolute atomic E-state index is 12.5. The number of aromatic nitrogens is 2. The third-order valence-electron chi connectivity index (χ3n) is 4.28. The number of nitrogens with one attached hydrogen (secondary N) is 1. The van der Waals surface area contributed by atoms with Crippen molar-refractivity contribution >= 4 is 41.6 Å². The topological polar surface area (TPSA) is 91.9 Å². The van der Waals surface area contributed by atoms with E-state index in [0.717, 1.165) is 32.1 Å². The molecule has 2 aromatic rings. The standard InChI is InChI=1S/C18H22F3N7O.HI/c19-18(20,21)29-15-5-2-1-4-14(15)26-16(22)23-8-9-27-10-12-28(13-11-27)17-24-6-3-7-25-17;/h1-7H,8-13H2,(H3,22,23,26);1H. The van der Waals surface area contributed by atoms with Crippen LogP contribution in [0.4, 0.5) is 24.8 Å². The number of nitrogens with zero attached hydrogens (tertiary/aromatic N) is 5. The monoisotopic (exact) mass is 537 g/mol. The number of anilines is 2. The molecule has 0 radical (unpaired) electrons. The van der Waals surface area contributed by atoms with E-state index in [-0.39, 0.29) is 41.4 Å². The highest BCUT2D eigenvalue weighted by atomic mass is 127. The van der Waals surface area contributed by atoms with Gasteiger partial charge in [0.05, 0.1) is 12.2 Å². The minimum Gasteiger partial charge on any atom is -0.404 e. The van der Waals surface area contributed by atoms with Crippen LogP contribution in [0.3, 0.4) is 0 Å². The van der Waals surface area contributed by atoms with Crippen molar-refractivity contribution in [1.82, 2.24) is 14.9 Å². The zero-order valence-electron chi connectivity index (χ0n) is 16.0. The molecule has 0 bridgehead atoms. The van der Waals surface area contributed by atoms with Crippen LogP contribution in [0, 0.1) is 0 Å². The molecule has 0 amide bonds. The van der Waals surface area contributed by atoms with E-state index in [1.807, 2.05) is 0 Å². The van der Waals surface area contributed by atoms with Crippen LogP contribution in [0.2, 0.25) is 0 Å². The summed E-state index contributed by atoms with van der Waals surface area (Å²) in [6.07, 6.45) is -1.34. The van der Waals surface area contributed by atoms with Gasteiger partial charge in [0.1, 0.15) is 0 Å². The first-order chi connectivity index (χ1) is 13.9. The van der Waals surface area contributed by atoms with Crippen LogP contribution in [0.5, 0.6) is 5.75 Å². The number of para-hydroxylation sites is 2. The lowest BCUT2D eigenvalue weighted by Gasteiger charge is -2.34. The summed E-state index contributed by atoms with van der Waals surface area (Å²) in [6, 6.07) is 7.45. The van der Waals surface area contributed by atoms with E-state index >= 15 is 0 Å². The second-order valence-electron chi connectivity index (χ2n) is 6.31. The number of alkyl halides is 3. The van der Waals surface area contributed by atoms with E-state index < -0.39 is 6.36 Å². The molecular weight excluding hydrogens is 514 g/mol. The van der Waals surface area contributed by atoms with Gasteiger partial charge in [-0.1, -0.05) is 12.1 Å². The first kappa shape index (κ1) is 23.9. The Bertz CT molecular complexity index is 815. The first-order valence-corrected chi connectivity index (χ1v) is 9.07. The SMILES string of the molecule is I.NC(=NCCN1CCN(c2ncccn2)CC1)Nc1ccccc1OC(F)(F)F. The van der Waals surface area contributed by atoms with Gasteiger partial charge in [-0.3, -0.25) is 9.89 Å². The van der Waals surface area contributed by atoms with Crippen molar-refractivity contribution in [2.45, 2.75) is 6.36 Å². The summed E-state index contributed by atoms with van der Waals surface area (Å²) >= 11 is 0. The second-order valence-corrected chi connectivity index (χ2v) is 6.31. The maximum atomic E-state index is 12.5. The molecule has 0 unspecified atom stereocenters. The maximum Gasteiger partial charge on any atom is 0.573 e. The molecule has 1 fully saturated rings. The van der Waals surface area contributed by atoms with Crippen molar-refractivity contribution in [3.8, 4) is 5.75 Å². The Morgan fingerprint density at radius 2 is 1.77 bits per heavy atom. The van der Waals surface area contributed by atoms with Crippen molar-refractivity contribution in [2.24, 2.45) is 10.7 Å². The lowest BCUT2D eigenvalue weighted by molar-refractivity contribution is -0.274. The van der Waals surface area contributed by atoms with Crippen molar-refractivity contribution < 1.29 is 17.9 Å². The Balaban J connectivity index is 0.00000320. The minimum atomic E-state index is -4.78. The summed E-state index contributed by atoms with van der Waals surface area (Å²) in [5, 5.41) is 2.66. The number of hydrogen-bond donors (Lipinski definition) is 2. The number of halogens is 4. The van der Waals surface area contributed by atoms with Gasteiger partial charge in [-0.05, 0) is 18.2 Å². The normalized spacial score (nSPS) is 15.4. The van der Waals surface area contributed by atoms with Crippen LogP contribution in [-0.4, -0.2) is 66.5 Å². The van der Waals surface area contributed by atoms with Gasteiger partial charge in [0.25, 0.3) is 0 Å². The Morgan fingerprint density at radius 3 is 2.43 bits per heavy atom. The summed E-state index contributed by atoms with van der Waals surface area (Å²) in [6.45, 7) is 4.40. The number of nitrogens with two attached hydrogens (primary N) is 1. The fourth-order valence-corrected chi connectivity index (χ4v) is 2.90. The zero-order chi connectivity index (χ0) is 20.7. The molecule has 0 spiro atoms. The number of aliphatic imine (C=N–C) groups is 1. The van der Waals surface area contributed by atoms with Gasteiger partial charge in [0.15, 0.2) is 11.7 Å². The summed E-state index contributed by atoms with van der Waals surface area (Å²) in [4.78, 5) is 17.0. The molecule has 1 aromatic carbocycles. The van der Waals surface area contributed by atoms with Gasteiger partial charge in [0, 0.05) is 45.1 Å². The Kier molecular flexibility index (Phi) is 8.89. The predicted octanol–water partition coefficient (Wildman–Crippen LogP) is 2.54. The quantitative estimate of drug-likeness (QED) is 0.333. The fourth-order valence-electron chi connectivity index (χ4n) is 2.90. The zero-order valence-corrected chi connectivity index (χ0v) is 18.4. The molecule has 0 atom stereocenters. The molecule has 0 aliphatic carbocycles. The molecule has 1 saturated heterocycles. The molecular formula is C18H23F3IN7O. The highest BCUT2D eigenvalue weighted by molar-refractivity contribution is 14.0. The Hall–Kier alpha value is -2.35. The van der Waals surface area contributed by atoms with Crippen LogP contribution >= 0.6 is 24.0 Å². The van der Waals surface area contributed by atoms with E-state index in [4.69, 9.17) is 5.73 Å². The van der Waals surface area contributed by atoms with Gasteiger partial charge in [-0.25, -0.2) is 9.97 Å². The lowest BCUT2D eigenvalue weighted by Crippen LogP contribution is -2.47.